The molecule has 6 nitrogen and oxygen atoms in total. The van der Waals surface area contributed by atoms with Crippen LogP contribution in [0.5, 0.6) is 5.75 Å². The minimum atomic E-state index is -0.517. The molecule has 1 rings (SSSR count). The zero-order valence-electron chi connectivity index (χ0n) is 11.0. The van der Waals surface area contributed by atoms with E-state index in [0.29, 0.717) is 18.4 Å². The fourth-order valence-corrected chi connectivity index (χ4v) is 1.89. The summed E-state index contributed by atoms with van der Waals surface area (Å²) in [6.07, 6.45) is 0.732. The van der Waals surface area contributed by atoms with E-state index >= 15 is 0 Å². The molecular weight excluding hydrogens is 250 g/mol. The zero-order valence-corrected chi connectivity index (χ0v) is 11.0. The highest BCUT2D eigenvalue weighted by molar-refractivity contribution is 5.78. The number of hydrogen-bond donors (Lipinski definition) is 1. The second kappa shape index (κ2) is 6.84. The molecule has 1 aromatic rings. The quantitative estimate of drug-likeness (QED) is 0.600. The lowest BCUT2D eigenvalue weighted by Crippen LogP contribution is -2.15. The number of Topliss-reactive ketones (excluding diaryl/α,β-unsaturated/α-hetero) is 1. The Kier molecular flexibility index (Phi) is 5.44. The predicted octanol–water partition coefficient (Wildman–Crippen LogP) is 1.73. The minimum absolute atomic E-state index is 0.0347. The van der Waals surface area contributed by atoms with Gasteiger partial charge in [0.05, 0.1) is 12.0 Å². The Morgan fingerprint density at radius 2 is 2.21 bits per heavy atom. The van der Waals surface area contributed by atoms with E-state index in [1.807, 2.05) is 0 Å². The molecule has 19 heavy (non-hydrogen) atoms. The van der Waals surface area contributed by atoms with Crippen LogP contribution in [-0.2, 0) is 11.2 Å². The van der Waals surface area contributed by atoms with Gasteiger partial charge in [-0.2, -0.15) is 0 Å². The molecule has 0 saturated carbocycles. The van der Waals surface area contributed by atoms with E-state index in [1.165, 1.54) is 26.2 Å². The summed E-state index contributed by atoms with van der Waals surface area (Å²) in [5, 5.41) is 19.8. The molecule has 0 radical (unpaired) electrons. The van der Waals surface area contributed by atoms with Crippen molar-refractivity contribution in [1.29, 1.82) is 0 Å². The summed E-state index contributed by atoms with van der Waals surface area (Å²) in [4.78, 5) is 21.8. The van der Waals surface area contributed by atoms with Crippen molar-refractivity contribution in [1.82, 2.24) is 0 Å². The Bertz CT molecular complexity index is 472. The molecule has 0 aliphatic heterocycles. The van der Waals surface area contributed by atoms with E-state index in [0.717, 1.165) is 0 Å². The number of nitro groups is 1. The van der Waals surface area contributed by atoms with Crippen LogP contribution in [0, 0.1) is 16.0 Å². The summed E-state index contributed by atoms with van der Waals surface area (Å²) in [7, 11) is 1.37. The summed E-state index contributed by atoms with van der Waals surface area (Å²) in [5.74, 6) is -0.166. The first-order chi connectivity index (χ1) is 8.99. The summed E-state index contributed by atoms with van der Waals surface area (Å²) in [6.45, 7) is 1.38. The predicted molar refractivity (Wildman–Crippen MR) is 69.2 cm³/mol. The molecule has 0 bridgehead atoms. The zero-order chi connectivity index (χ0) is 14.4. The Balaban J connectivity index is 2.98. The number of ketones is 1. The third kappa shape index (κ3) is 4.03. The number of aliphatic hydroxyl groups excluding tert-OH is 1. The van der Waals surface area contributed by atoms with E-state index in [9.17, 15) is 14.9 Å². The molecule has 1 unspecified atom stereocenters. The van der Waals surface area contributed by atoms with Crippen molar-refractivity contribution in [2.24, 2.45) is 5.92 Å². The van der Waals surface area contributed by atoms with Gasteiger partial charge in [0.25, 0.3) is 0 Å². The Morgan fingerprint density at radius 1 is 1.53 bits per heavy atom. The number of nitro benzene ring substituents is 1. The third-order valence-electron chi connectivity index (χ3n) is 2.97. The number of carbonyl (C=O) groups is 1. The Hall–Kier alpha value is -1.95. The van der Waals surface area contributed by atoms with Gasteiger partial charge in [-0.25, -0.2) is 0 Å². The first-order valence-corrected chi connectivity index (χ1v) is 5.92. The van der Waals surface area contributed by atoms with Gasteiger partial charge in [0, 0.05) is 18.6 Å². The van der Waals surface area contributed by atoms with E-state index in [-0.39, 0.29) is 29.7 Å². The molecule has 0 amide bonds. The lowest BCUT2D eigenvalue weighted by atomic mass is 9.93. The van der Waals surface area contributed by atoms with Crippen LogP contribution < -0.4 is 4.74 Å². The van der Waals surface area contributed by atoms with Crippen LogP contribution in [-0.4, -0.2) is 29.5 Å². The highest BCUT2D eigenvalue weighted by Crippen LogP contribution is 2.28. The smallest absolute Gasteiger partial charge is 0.311 e. The van der Waals surface area contributed by atoms with Crippen molar-refractivity contribution < 1.29 is 19.6 Å². The Labute approximate surface area is 111 Å². The van der Waals surface area contributed by atoms with Gasteiger partial charge in [-0.1, -0.05) is 6.07 Å². The molecule has 0 aromatic heterocycles. The summed E-state index contributed by atoms with van der Waals surface area (Å²) in [5.41, 5.74) is 0.562. The standard InChI is InChI=1S/C13H17NO5/c1-9(16)11(5-6-15)7-10-3-4-13(19-2)12(8-10)14(17)18/h3-4,8,11,15H,5-7H2,1-2H3. The van der Waals surface area contributed by atoms with Gasteiger partial charge in [-0.05, 0) is 31.4 Å². The first-order valence-electron chi connectivity index (χ1n) is 5.92. The number of ether oxygens (including phenoxy) is 1. The van der Waals surface area contributed by atoms with E-state index in [2.05, 4.69) is 0 Å². The van der Waals surface area contributed by atoms with Gasteiger partial charge in [0.15, 0.2) is 5.75 Å². The summed E-state index contributed by atoms with van der Waals surface area (Å²) >= 11 is 0. The molecule has 0 aliphatic carbocycles. The molecule has 1 atom stereocenters. The summed E-state index contributed by atoms with van der Waals surface area (Å²) < 4.78 is 4.91. The fraction of sp³-hybridized carbons (Fsp3) is 0.462. The SMILES string of the molecule is COc1ccc(CC(CCO)C(C)=O)cc1[N+](=O)[O-]. The topological polar surface area (TPSA) is 89.7 Å². The molecule has 6 heteroatoms. The third-order valence-corrected chi connectivity index (χ3v) is 2.97. The molecule has 1 aromatic carbocycles. The molecule has 0 fully saturated rings. The normalized spacial score (nSPS) is 11.9. The largest absolute Gasteiger partial charge is 0.490 e. The Morgan fingerprint density at radius 3 is 2.68 bits per heavy atom. The van der Waals surface area contributed by atoms with Gasteiger partial charge in [0.1, 0.15) is 5.78 Å². The molecule has 0 aliphatic rings. The second-order valence-electron chi connectivity index (χ2n) is 4.29. The number of carbonyl (C=O) groups excluding carboxylic acids is 1. The maximum absolute atomic E-state index is 11.4. The first kappa shape index (κ1) is 15.1. The van der Waals surface area contributed by atoms with Crippen molar-refractivity contribution in [3.8, 4) is 5.75 Å². The van der Waals surface area contributed by atoms with Crippen LogP contribution in [0.1, 0.15) is 18.9 Å². The minimum Gasteiger partial charge on any atom is -0.490 e. The molecule has 0 spiro atoms. The van der Waals surface area contributed by atoms with Gasteiger partial charge in [-0.3, -0.25) is 14.9 Å². The van der Waals surface area contributed by atoms with E-state index in [4.69, 9.17) is 9.84 Å². The number of rotatable bonds is 7. The van der Waals surface area contributed by atoms with Crippen LogP contribution in [0.15, 0.2) is 18.2 Å². The van der Waals surface area contributed by atoms with Crippen LogP contribution in [0.4, 0.5) is 5.69 Å². The molecule has 1 N–H and O–H groups in total. The van der Waals surface area contributed by atoms with Crippen LogP contribution >= 0.6 is 0 Å². The van der Waals surface area contributed by atoms with Crippen molar-refractivity contribution in [3.63, 3.8) is 0 Å². The lowest BCUT2D eigenvalue weighted by molar-refractivity contribution is -0.385. The van der Waals surface area contributed by atoms with Crippen molar-refractivity contribution in [3.05, 3.63) is 33.9 Å². The van der Waals surface area contributed by atoms with Crippen molar-refractivity contribution in [2.75, 3.05) is 13.7 Å². The lowest BCUT2D eigenvalue weighted by Gasteiger charge is -2.12. The van der Waals surface area contributed by atoms with Crippen LogP contribution in [0.2, 0.25) is 0 Å². The van der Waals surface area contributed by atoms with Gasteiger partial charge >= 0.3 is 5.69 Å². The number of benzene rings is 1. The maximum Gasteiger partial charge on any atom is 0.311 e. The van der Waals surface area contributed by atoms with E-state index < -0.39 is 4.92 Å². The van der Waals surface area contributed by atoms with Crippen LogP contribution in [0.25, 0.3) is 0 Å². The average Bonchev–Trinajstić information content (AvgIpc) is 2.37. The number of aliphatic hydroxyl groups is 1. The van der Waals surface area contributed by atoms with E-state index in [1.54, 1.807) is 6.07 Å². The van der Waals surface area contributed by atoms with Crippen molar-refractivity contribution >= 4 is 11.5 Å². The number of nitrogens with zero attached hydrogens (tertiary/aromatic N) is 1. The number of hydrogen-bond acceptors (Lipinski definition) is 5. The second-order valence-corrected chi connectivity index (χ2v) is 4.29. The average molecular weight is 267 g/mol. The van der Waals surface area contributed by atoms with Gasteiger partial charge < -0.3 is 9.84 Å². The van der Waals surface area contributed by atoms with Crippen molar-refractivity contribution in [2.45, 2.75) is 19.8 Å². The number of methoxy groups -OCH3 is 1. The molecular formula is C13H17NO5. The van der Waals surface area contributed by atoms with Gasteiger partial charge in [0.2, 0.25) is 0 Å². The fourth-order valence-electron chi connectivity index (χ4n) is 1.89. The van der Waals surface area contributed by atoms with Crippen LogP contribution in [0.3, 0.4) is 0 Å². The highest BCUT2D eigenvalue weighted by atomic mass is 16.6. The van der Waals surface area contributed by atoms with Gasteiger partial charge in [-0.15, -0.1) is 0 Å². The molecule has 0 saturated heterocycles. The monoisotopic (exact) mass is 267 g/mol. The maximum atomic E-state index is 11.4. The molecule has 104 valence electrons. The summed E-state index contributed by atoms with van der Waals surface area (Å²) in [6, 6.07) is 4.62. The highest BCUT2D eigenvalue weighted by Gasteiger charge is 2.19. The molecule has 0 heterocycles.